The molecule has 1 atom stereocenters. The number of hydrogen-bond donors (Lipinski definition) is 1. The van der Waals surface area contributed by atoms with Gasteiger partial charge in [0.05, 0.1) is 10.9 Å². The van der Waals surface area contributed by atoms with Gasteiger partial charge in [-0.2, -0.15) is 4.98 Å². The molecule has 4 aromatic rings. The van der Waals surface area contributed by atoms with Gasteiger partial charge in [0, 0.05) is 15.1 Å². The van der Waals surface area contributed by atoms with Crippen LogP contribution in [0.3, 0.4) is 0 Å². The van der Waals surface area contributed by atoms with Gasteiger partial charge in [0.1, 0.15) is 0 Å². The van der Waals surface area contributed by atoms with Crippen molar-refractivity contribution in [2.45, 2.75) is 22.9 Å². The summed E-state index contributed by atoms with van der Waals surface area (Å²) < 4.78 is 33.5. The lowest BCUT2D eigenvalue weighted by Crippen LogP contribution is -2.10. The first kappa shape index (κ1) is 21.6. The van der Waals surface area contributed by atoms with Crippen molar-refractivity contribution < 1.29 is 12.8 Å². The Bertz CT molecular complexity index is 1290. The van der Waals surface area contributed by atoms with Crippen molar-refractivity contribution in [3.05, 3.63) is 93.9 Å². The Morgan fingerprint density at radius 2 is 1.61 bits per heavy atom. The smallest absolute Gasteiger partial charge is 0.234 e. The van der Waals surface area contributed by atoms with Crippen LogP contribution in [0, 0.1) is 0 Å². The van der Waals surface area contributed by atoms with Gasteiger partial charge in [-0.05, 0) is 61.0 Å². The third kappa shape index (κ3) is 4.69. The lowest BCUT2D eigenvalue weighted by atomic mass is 10.1. The fourth-order valence-corrected chi connectivity index (χ4v) is 4.70. The molecule has 1 N–H and O–H groups in total. The number of rotatable bonds is 6. The number of halogens is 2. The molecule has 1 unspecified atom stereocenters. The van der Waals surface area contributed by atoms with Gasteiger partial charge in [-0.1, -0.05) is 57.9 Å². The summed E-state index contributed by atoms with van der Waals surface area (Å²) in [7, 11) is -3.92. The molecule has 1 heterocycles. The largest absolute Gasteiger partial charge is 0.419 e. The zero-order chi connectivity index (χ0) is 22.0. The van der Waals surface area contributed by atoms with Crippen LogP contribution in [0.25, 0.3) is 11.5 Å². The number of nitrogens with zero attached hydrogens (tertiary/aromatic N) is 1. The second kappa shape index (κ2) is 8.86. The number of aromatic nitrogens is 1. The van der Waals surface area contributed by atoms with Crippen LogP contribution in [0.5, 0.6) is 0 Å². The first-order valence-electron chi connectivity index (χ1n) is 9.43. The van der Waals surface area contributed by atoms with Gasteiger partial charge < -0.3 is 9.73 Å². The predicted molar refractivity (Wildman–Crippen MR) is 125 cm³/mol. The molecule has 31 heavy (non-hydrogen) atoms. The molecule has 0 saturated heterocycles. The highest BCUT2D eigenvalue weighted by Crippen LogP contribution is 2.35. The van der Waals surface area contributed by atoms with Crippen molar-refractivity contribution in [2.24, 2.45) is 0 Å². The van der Waals surface area contributed by atoms with E-state index in [4.69, 9.17) is 16.0 Å². The van der Waals surface area contributed by atoms with E-state index in [-0.39, 0.29) is 27.7 Å². The zero-order valence-electron chi connectivity index (χ0n) is 16.4. The summed E-state index contributed by atoms with van der Waals surface area (Å²) in [5.41, 5.74) is 1.61. The highest BCUT2D eigenvalue weighted by Gasteiger charge is 2.29. The number of sulfone groups is 1. The van der Waals surface area contributed by atoms with Crippen LogP contribution in [-0.2, 0) is 9.84 Å². The van der Waals surface area contributed by atoms with Gasteiger partial charge in [0.25, 0.3) is 0 Å². The summed E-state index contributed by atoms with van der Waals surface area (Å²) in [4.78, 5) is 4.48. The van der Waals surface area contributed by atoms with Crippen molar-refractivity contribution in [3.63, 3.8) is 0 Å². The minimum atomic E-state index is -3.92. The van der Waals surface area contributed by atoms with Crippen molar-refractivity contribution in [2.75, 3.05) is 5.32 Å². The molecule has 0 aliphatic carbocycles. The van der Waals surface area contributed by atoms with Crippen molar-refractivity contribution in [3.8, 4) is 11.5 Å². The molecule has 0 aliphatic heterocycles. The minimum Gasteiger partial charge on any atom is -0.419 e. The van der Waals surface area contributed by atoms with Crippen LogP contribution >= 0.6 is 27.5 Å². The van der Waals surface area contributed by atoms with Crippen LogP contribution in [0.1, 0.15) is 18.5 Å². The molecule has 0 fully saturated rings. The lowest BCUT2D eigenvalue weighted by molar-refractivity contribution is 0.570. The maximum atomic E-state index is 13.4. The van der Waals surface area contributed by atoms with Gasteiger partial charge in [-0.15, -0.1) is 0 Å². The van der Waals surface area contributed by atoms with Gasteiger partial charge in [-0.3, -0.25) is 0 Å². The molecule has 0 saturated carbocycles. The average Bonchev–Trinajstić information content (AvgIpc) is 3.20. The van der Waals surface area contributed by atoms with E-state index in [0.717, 1.165) is 10.0 Å². The number of benzene rings is 3. The second-order valence-corrected chi connectivity index (χ2v) is 10.1. The Hall–Kier alpha value is -2.61. The Balaban J connectivity index is 1.80. The fourth-order valence-electron chi connectivity index (χ4n) is 3.04. The summed E-state index contributed by atoms with van der Waals surface area (Å²) >= 11 is 9.30. The standard InChI is InChI=1S/C23H18BrClN2O3S/c1-15(16-5-3-2-4-6-16)26-22-23(31(28,29)20-13-9-18(24)10-14-20)27-21(30-22)17-7-11-19(25)12-8-17/h2-15,26H,1H3. The van der Waals surface area contributed by atoms with Gasteiger partial charge in [-0.25, -0.2) is 8.42 Å². The van der Waals surface area contributed by atoms with Gasteiger partial charge in [0.2, 0.25) is 26.6 Å². The van der Waals surface area contributed by atoms with Crippen LogP contribution in [0.15, 0.2) is 97.7 Å². The Morgan fingerprint density at radius 3 is 2.26 bits per heavy atom. The highest BCUT2D eigenvalue weighted by atomic mass is 79.9. The summed E-state index contributed by atoms with van der Waals surface area (Å²) in [6, 6.07) is 22.7. The molecule has 4 rings (SSSR count). The molecule has 0 radical (unpaired) electrons. The third-order valence-corrected chi connectivity index (χ3v) is 7.17. The Kier molecular flexibility index (Phi) is 6.18. The summed E-state index contributed by atoms with van der Waals surface area (Å²) in [6.45, 7) is 1.93. The normalized spacial score (nSPS) is 12.5. The van der Waals surface area contributed by atoms with Crippen molar-refractivity contribution in [1.82, 2.24) is 4.98 Å². The molecule has 0 spiro atoms. The van der Waals surface area contributed by atoms with E-state index in [0.29, 0.717) is 10.6 Å². The van der Waals surface area contributed by atoms with Crippen LogP contribution < -0.4 is 5.32 Å². The van der Waals surface area contributed by atoms with E-state index in [1.165, 1.54) is 12.1 Å². The van der Waals surface area contributed by atoms with Gasteiger partial charge >= 0.3 is 0 Å². The molecular formula is C23H18BrClN2O3S. The van der Waals surface area contributed by atoms with Crippen LogP contribution in [0.4, 0.5) is 5.88 Å². The topological polar surface area (TPSA) is 72.2 Å². The van der Waals surface area contributed by atoms with Crippen LogP contribution in [-0.4, -0.2) is 13.4 Å². The molecule has 158 valence electrons. The monoisotopic (exact) mass is 516 g/mol. The first-order valence-corrected chi connectivity index (χ1v) is 12.1. The molecule has 5 nitrogen and oxygen atoms in total. The van der Waals surface area contributed by atoms with E-state index in [1.54, 1.807) is 36.4 Å². The zero-order valence-corrected chi connectivity index (χ0v) is 19.6. The summed E-state index contributed by atoms with van der Waals surface area (Å²) in [6.07, 6.45) is 0. The quantitative estimate of drug-likeness (QED) is 0.306. The summed E-state index contributed by atoms with van der Waals surface area (Å²) in [5.74, 6) is 0.277. The number of anilines is 1. The van der Waals surface area contributed by atoms with E-state index < -0.39 is 9.84 Å². The maximum Gasteiger partial charge on any atom is 0.234 e. The predicted octanol–water partition coefficient (Wildman–Crippen LogP) is 6.76. The molecule has 8 heteroatoms. The first-order chi connectivity index (χ1) is 14.8. The Morgan fingerprint density at radius 1 is 0.968 bits per heavy atom. The molecule has 0 amide bonds. The number of nitrogens with one attached hydrogen (secondary N) is 1. The fraction of sp³-hybridized carbons (Fsp3) is 0.0870. The van der Waals surface area contributed by atoms with Crippen molar-refractivity contribution in [1.29, 1.82) is 0 Å². The van der Waals surface area contributed by atoms with Crippen molar-refractivity contribution >= 4 is 43.3 Å². The molecule has 0 bridgehead atoms. The number of hydrogen-bond acceptors (Lipinski definition) is 5. The lowest BCUT2D eigenvalue weighted by Gasteiger charge is -2.14. The average molecular weight is 518 g/mol. The molecular weight excluding hydrogens is 500 g/mol. The minimum absolute atomic E-state index is 0.0872. The number of oxazole rings is 1. The van der Waals surface area contributed by atoms with Crippen LogP contribution in [0.2, 0.25) is 5.02 Å². The SMILES string of the molecule is CC(Nc1oc(-c2ccc(Cl)cc2)nc1S(=O)(=O)c1ccc(Br)cc1)c1ccccc1. The molecule has 0 aliphatic rings. The van der Waals surface area contributed by atoms with Gasteiger partial charge in [0.15, 0.2) is 0 Å². The Labute approximate surface area is 194 Å². The molecule has 3 aromatic carbocycles. The van der Waals surface area contributed by atoms with E-state index in [9.17, 15) is 8.42 Å². The van der Waals surface area contributed by atoms with E-state index >= 15 is 0 Å². The third-order valence-electron chi connectivity index (χ3n) is 4.71. The van der Waals surface area contributed by atoms with E-state index in [2.05, 4.69) is 26.2 Å². The summed E-state index contributed by atoms with van der Waals surface area (Å²) in [5, 5.41) is 3.57. The second-order valence-electron chi connectivity index (χ2n) is 6.89. The highest BCUT2D eigenvalue weighted by molar-refractivity contribution is 9.10. The van der Waals surface area contributed by atoms with E-state index in [1.807, 2.05) is 37.3 Å². The maximum absolute atomic E-state index is 13.4. The molecule has 1 aromatic heterocycles.